The lowest BCUT2D eigenvalue weighted by Gasteiger charge is -2.11. The Morgan fingerprint density at radius 2 is 1.76 bits per heavy atom. The standard InChI is InChI=1S/C15H20N2O4/c1-9-10(2)21-14(17-9)8-16-7-11-5-12(19-3)15(18)13(6-11)20-4/h5-6,16,18H,7-8H2,1-4H3. The fourth-order valence-corrected chi connectivity index (χ4v) is 1.98. The van der Waals surface area contributed by atoms with E-state index in [1.165, 1.54) is 14.2 Å². The molecule has 1 heterocycles. The number of methoxy groups -OCH3 is 2. The molecular weight excluding hydrogens is 272 g/mol. The van der Waals surface area contributed by atoms with Crippen molar-refractivity contribution in [2.75, 3.05) is 14.2 Å². The van der Waals surface area contributed by atoms with Crippen LogP contribution in [0.4, 0.5) is 0 Å². The molecule has 0 saturated carbocycles. The minimum Gasteiger partial charge on any atom is -0.502 e. The number of hydrogen-bond donors (Lipinski definition) is 2. The molecule has 2 rings (SSSR count). The lowest BCUT2D eigenvalue weighted by Crippen LogP contribution is -2.13. The molecule has 0 radical (unpaired) electrons. The minimum atomic E-state index is 0.00250. The smallest absolute Gasteiger partial charge is 0.208 e. The first-order valence-electron chi connectivity index (χ1n) is 6.62. The Balaban J connectivity index is 2.02. The molecule has 0 amide bonds. The summed E-state index contributed by atoms with van der Waals surface area (Å²) >= 11 is 0. The summed E-state index contributed by atoms with van der Waals surface area (Å²) in [6.07, 6.45) is 0. The summed E-state index contributed by atoms with van der Waals surface area (Å²) in [4.78, 5) is 4.30. The number of aromatic nitrogens is 1. The highest BCUT2D eigenvalue weighted by Gasteiger charge is 2.11. The maximum Gasteiger partial charge on any atom is 0.208 e. The Hall–Kier alpha value is -2.21. The number of nitrogens with one attached hydrogen (secondary N) is 1. The second-order valence-electron chi connectivity index (χ2n) is 4.70. The van der Waals surface area contributed by atoms with E-state index in [4.69, 9.17) is 13.9 Å². The van der Waals surface area contributed by atoms with E-state index >= 15 is 0 Å². The molecule has 1 aromatic carbocycles. The zero-order chi connectivity index (χ0) is 15.4. The van der Waals surface area contributed by atoms with E-state index in [0.29, 0.717) is 30.5 Å². The van der Waals surface area contributed by atoms with E-state index in [9.17, 15) is 5.11 Å². The van der Waals surface area contributed by atoms with Crippen LogP contribution in [0.5, 0.6) is 17.2 Å². The van der Waals surface area contributed by atoms with E-state index in [1.807, 2.05) is 13.8 Å². The molecule has 0 atom stereocenters. The predicted octanol–water partition coefficient (Wildman–Crippen LogP) is 2.30. The van der Waals surface area contributed by atoms with Gasteiger partial charge in [-0.2, -0.15) is 0 Å². The van der Waals surface area contributed by atoms with Gasteiger partial charge in [-0.05, 0) is 31.5 Å². The third-order valence-electron chi connectivity index (χ3n) is 3.22. The van der Waals surface area contributed by atoms with E-state index in [0.717, 1.165) is 17.0 Å². The lowest BCUT2D eigenvalue weighted by atomic mass is 10.2. The molecule has 1 aromatic heterocycles. The van der Waals surface area contributed by atoms with Gasteiger partial charge in [0.15, 0.2) is 11.5 Å². The van der Waals surface area contributed by atoms with Crippen molar-refractivity contribution < 1.29 is 19.0 Å². The fraction of sp³-hybridized carbons (Fsp3) is 0.400. The molecule has 114 valence electrons. The van der Waals surface area contributed by atoms with Crippen LogP contribution in [0.25, 0.3) is 0 Å². The van der Waals surface area contributed by atoms with Crippen molar-refractivity contribution in [3.8, 4) is 17.2 Å². The summed E-state index contributed by atoms with van der Waals surface area (Å²) in [5, 5.41) is 13.1. The van der Waals surface area contributed by atoms with Crippen LogP contribution < -0.4 is 14.8 Å². The number of nitrogens with zero attached hydrogens (tertiary/aromatic N) is 1. The van der Waals surface area contributed by atoms with Crippen molar-refractivity contribution in [1.29, 1.82) is 0 Å². The number of benzene rings is 1. The molecule has 0 aliphatic heterocycles. The zero-order valence-electron chi connectivity index (χ0n) is 12.7. The quantitative estimate of drug-likeness (QED) is 0.850. The first-order chi connectivity index (χ1) is 10.0. The molecule has 0 fully saturated rings. The Kier molecular flexibility index (Phi) is 4.70. The van der Waals surface area contributed by atoms with Gasteiger partial charge in [-0.3, -0.25) is 0 Å². The summed E-state index contributed by atoms with van der Waals surface area (Å²) in [5.41, 5.74) is 1.83. The highest BCUT2D eigenvalue weighted by atomic mass is 16.5. The summed E-state index contributed by atoms with van der Waals surface area (Å²) in [7, 11) is 3.01. The van der Waals surface area contributed by atoms with Crippen LogP contribution in [0.3, 0.4) is 0 Å². The molecule has 21 heavy (non-hydrogen) atoms. The van der Waals surface area contributed by atoms with Crippen LogP contribution in [-0.4, -0.2) is 24.3 Å². The highest BCUT2D eigenvalue weighted by molar-refractivity contribution is 5.52. The first-order valence-corrected chi connectivity index (χ1v) is 6.62. The number of hydrogen-bond acceptors (Lipinski definition) is 6. The minimum absolute atomic E-state index is 0.00250. The van der Waals surface area contributed by atoms with Crippen molar-refractivity contribution in [1.82, 2.24) is 10.3 Å². The van der Waals surface area contributed by atoms with Crippen LogP contribution in [0.15, 0.2) is 16.5 Å². The van der Waals surface area contributed by atoms with Gasteiger partial charge >= 0.3 is 0 Å². The molecule has 0 unspecified atom stereocenters. The fourth-order valence-electron chi connectivity index (χ4n) is 1.98. The first kappa shape index (κ1) is 15.2. The Morgan fingerprint density at radius 1 is 1.14 bits per heavy atom. The third kappa shape index (κ3) is 3.46. The van der Waals surface area contributed by atoms with Crippen LogP contribution >= 0.6 is 0 Å². The van der Waals surface area contributed by atoms with Crippen molar-refractivity contribution in [2.45, 2.75) is 26.9 Å². The van der Waals surface area contributed by atoms with Gasteiger partial charge in [0, 0.05) is 6.54 Å². The van der Waals surface area contributed by atoms with E-state index in [2.05, 4.69) is 10.3 Å². The maximum absolute atomic E-state index is 9.85. The normalized spacial score (nSPS) is 10.7. The molecule has 0 spiro atoms. The molecule has 2 N–H and O–H groups in total. The Morgan fingerprint density at radius 3 is 2.24 bits per heavy atom. The Bertz CT molecular complexity index is 578. The van der Waals surface area contributed by atoms with Gasteiger partial charge < -0.3 is 24.3 Å². The molecular formula is C15H20N2O4. The SMILES string of the molecule is COc1cc(CNCc2nc(C)c(C)o2)cc(OC)c1O. The van der Waals surface area contributed by atoms with E-state index in [-0.39, 0.29) is 5.75 Å². The Labute approximate surface area is 123 Å². The van der Waals surface area contributed by atoms with Gasteiger partial charge in [0.25, 0.3) is 0 Å². The lowest BCUT2D eigenvalue weighted by molar-refractivity contribution is 0.339. The summed E-state index contributed by atoms with van der Waals surface area (Å²) in [6.45, 7) is 4.91. The second-order valence-corrected chi connectivity index (χ2v) is 4.70. The van der Waals surface area contributed by atoms with Crippen LogP contribution in [-0.2, 0) is 13.1 Å². The van der Waals surface area contributed by atoms with Gasteiger partial charge in [0.2, 0.25) is 11.6 Å². The van der Waals surface area contributed by atoms with Crippen LogP contribution in [0.2, 0.25) is 0 Å². The van der Waals surface area contributed by atoms with Gasteiger partial charge in [-0.1, -0.05) is 0 Å². The van der Waals surface area contributed by atoms with Gasteiger partial charge in [0.05, 0.1) is 26.5 Å². The third-order valence-corrected chi connectivity index (χ3v) is 3.22. The number of rotatable bonds is 6. The molecule has 6 heteroatoms. The van der Waals surface area contributed by atoms with Crippen LogP contribution in [0.1, 0.15) is 22.9 Å². The van der Waals surface area contributed by atoms with E-state index in [1.54, 1.807) is 12.1 Å². The monoisotopic (exact) mass is 292 g/mol. The van der Waals surface area contributed by atoms with Gasteiger partial charge in [0.1, 0.15) is 5.76 Å². The number of phenols is 1. The van der Waals surface area contributed by atoms with Crippen molar-refractivity contribution in [3.05, 3.63) is 35.0 Å². The van der Waals surface area contributed by atoms with Crippen molar-refractivity contribution in [2.24, 2.45) is 0 Å². The number of phenolic OH excluding ortho intramolecular Hbond substituents is 1. The van der Waals surface area contributed by atoms with Gasteiger partial charge in [-0.15, -0.1) is 0 Å². The molecule has 0 aliphatic rings. The highest BCUT2D eigenvalue weighted by Crippen LogP contribution is 2.36. The average molecular weight is 292 g/mol. The second kappa shape index (κ2) is 6.49. The number of ether oxygens (including phenoxy) is 2. The number of aryl methyl sites for hydroxylation is 2. The van der Waals surface area contributed by atoms with Crippen LogP contribution in [0, 0.1) is 13.8 Å². The zero-order valence-corrected chi connectivity index (χ0v) is 12.7. The maximum atomic E-state index is 9.85. The molecule has 2 aromatic rings. The molecule has 6 nitrogen and oxygen atoms in total. The number of aromatic hydroxyl groups is 1. The van der Waals surface area contributed by atoms with Gasteiger partial charge in [-0.25, -0.2) is 4.98 Å². The van der Waals surface area contributed by atoms with Crippen molar-refractivity contribution >= 4 is 0 Å². The largest absolute Gasteiger partial charge is 0.502 e. The average Bonchev–Trinajstić information content (AvgIpc) is 2.79. The molecule has 0 aliphatic carbocycles. The summed E-state index contributed by atoms with van der Waals surface area (Å²) < 4.78 is 15.7. The molecule has 0 saturated heterocycles. The number of oxazole rings is 1. The summed E-state index contributed by atoms with van der Waals surface area (Å²) in [6, 6.07) is 3.52. The topological polar surface area (TPSA) is 76.8 Å². The van der Waals surface area contributed by atoms with Crippen molar-refractivity contribution in [3.63, 3.8) is 0 Å². The summed E-state index contributed by atoms with van der Waals surface area (Å²) in [5.74, 6) is 2.26. The van der Waals surface area contributed by atoms with E-state index < -0.39 is 0 Å². The molecule has 0 bridgehead atoms. The predicted molar refractivity (Wildman–Crippen MR) is 77.7 cm³/mol.